The van der Waals surface area contributed by atoms with E-state index in [1.165, 1.54) is 0 Å². The van der Waals surface area contributed by atoms with Crippen molar-refractivity contribution in [2.75, 3.05) is 0 Å². The molecule has 0 amide bonds. The summed E-state index contributed by atoms with van der Waals surface area (Å²) < 4.78 is 29.0. The summed E-state index contributed by atoms with van der Waals surface area (Å²) in [7, 11) is 1.72. The largest absolute Gasteiger partial charge is 0.392 e. The smallest absolute Gasteiger partial charge is 0.195 e. The van der Waals surface area contributed by atoms with Gasteiger partial charge in [0, 0.05) is 7.05 Å². The zero-order valence-corrected chi connectivity index (χ0v) is 10.6. The number of benzene rings is 1. The molecule has 1 heterocycles. The second-order valence-corrected chi connectivity index (χ2v) is 4.72. The molecule has 1 aromatic carbocycles. The zero-order valence-electron chi connectivity index (χ0n) is 9.81. The van der Waals surface area contributed by atoms with Gasteiger partial charge < -0.3 is 9.67 Å². The third-order valence-electron chi connectivity index (χ3n) is 2.49. The van der Waals surface area contributed by atoms with Crippen molar-refractivity contribution < 1.29 is 13.9 Å². The normalized spacial score (nSPS) is 10.9. The van der Waals surface area contributed by atoms with Gasteiger partial charge in [0.1, 0.15) is 17.5 Å². The van der Waals surface area contributed by atoms with E-state index in [-0.39, 0.29) is 10.5 Å². The van der Waals surface area contributed by atoms with Gasteiger partial charge in [0.05, 0.1) is 11.5 Å². The number of hydrogen-bond donors (Lipinski definition) is 1. The summed E-state index contributed by atoms with van der Waals surface area (Å²) in [6, 6.07) is 2.21. The molecule has 0 aliphatic carbocycles. The molecule has 0 spiro atoms. The summed E-state index contributed by atoms with van der Waals surface area (Å²) in [5, 5.41) is 16.9. The third-order valence-corrected chi connectivity index (χ3v) is 3.62. The lowest BCUT2D eigenvalue weighted by atomic mass is 10.2. The summed E-state index contributed by atoms with van der Waals surface area (Å²) in [6.07, 6.45) is 0. The Kier molecular flexibility index (Phi) is 3.63. The Morgan fingerprint density at radius 2 is 1.89 bits per heavy atom. The van der Waals surface area contributed by atoms with Crippen LogP contribution >= 0.6 is 11.8 Å². The molecule has 0 bridgehead atoms. The summed E-state index contributed by atoms with van der Waals surface area (Å²) in [5.74, 6) is -0.778. The van der Waals surface area contributed by atoms with Crippen LogP contribution in [0, 0.1) is 18.6 Å². The lowest BCUT2D eigenvalue weighted by Crippen LogP contribution is -1.97. The molecule has 0 aliphatic heterocycles. The van der Waals surface area contributed by atoms with Gasteiger partial charge in [-0.2, -0.15) is 0 Å². The maximum Gasteiger partial charge on any atom is 0.195 e. The van der Waals surface area contributed by atoms with E-state index in [1.807, 2.05) is 0 Å². The molecule has 0 fully saturated rings. The van der Waals surface area contributed by atoms with E-state index in [0.717, 1.165) is 23.9 Å². The highest BCUT2D eigenvalue weighted by Crippen LogP contribution is 2.31. The number of aliphatic hydroxyl groups is 1. The molecule has 2 rings (SSSR count). The average molecular weight is 271 g/mol. The van der Waals surface area contributed by atoms with Crippen LogP contribution in [0.3, 0.4) is 0 Å². The summed E-state index contributed by atoms with van der Waals surface area (Å²) in [6.45, 7) is 1.35. The van der Waals surface area contributed by atoms with Crippen LogP contribution in [0.1, 0.15) is 11.4 Å². The van der Waals surface area contributed by atoms with Crippen molar-refractivity contribution in [3.63, 3.8) is 0 Å². The molecular formula is C11H11F2N3OS. The minimum absolute atomic E-state index is 0.150. The van der Waals surface area contributed by atoms with Gasteiger partial charge in [0.25, 0.3) is 0 Å². The standard InChI is InChI=1S/C11H11F2N3OS/c1-6-14-15-11(16(6)2)18-10-8(12)3-7(5-17)4-9(10)13/h3-4,17H,5H2,1-2H3. The van der Waals surface area contributed by atoms with Crippen molar-refractivity contribution in [2.24, 2.45) is 7.05 Å². The van der Waals surface area contributed by atoms with Crippen LogP contribution < -0.4 is 0 Å². The highest BCUT2D eigenvalue weighted by Gasteiger charge is 2.16. The summed E-state index contributed by atoms with van der Waals surface area (Å²) >= 11 is 0.865. The Labute approximate surface area is 107 Å². The molecule has 1 aromatic heterocycles. The number of rotatable bonds is 3. The first-order valence-corrected chi connectivity index (χ1v) is 5.97. The maximum atomic E-state index is 13.7. The first-order valence-electron chi connectivity index (χ1n) is 5.15. The zero-order chi connectivity index (χ0) is 13.3. The molecule has 2 aromatic rings. The molecule has 18 heavy (non-hydrogen) atoms. The van der Waals surface area contributed by atoms with E-state index in [1.54, 1.807) is 18.5 Å². The van der Waals surface area contributed by atoms with E-state index in [9.17, 15) is 8.78 Å². The van der Waals surface area contributed by atoms with Crippen LogP contribution in [0.4, 0.5) is 8.78 Å². The lowest BCUT2D eigenvalue weighted by Gasteiger charge is -2.06. The Morgan fingerprint density at radius 3 is 2.33 bits per heavy atom. The van der Waals surface area contributed by atoms with E-state index in [0.29, 0.717) is 11.0 Å². The van der Waals surface area contributed by atoms with Crippen molar-refractivity contribution in [2.45, 2.75) is 23.6 Å². The monoisotopic (exact) mass is 271 g/mol. The SMILES string of the molecule is Cc1nnc(Sc2c(F)cc(CO)cc2F)n1C. The third kappa shape index (κ3) is 2.37. The quantitative estimate of drug-likeness (QED) is 0.928. The van der Waals surface area contributed by atoms with Crippen molar-refractivity contribution >= 4 is 11.8 Å². The molecule has 4 nitrogen and oxygen atoms in total. The molecule has 0 radical (unpaired) electrons. The number of aryl methyl sites for hydroxylation is 1. The Hall–Kier alpha value is -1.47. The van der Waals surface area contributed by atoms with E-state index in [4.69, 9.17) is 5.11 Å². The number of aliphatic hydroxyl groups excluding tert-OH is 1. The van der Waals surface area contributed by atoms with Gasteiger partial charge in [0.15, 0.2) is 5.16 Å². The number of aromatic nitrogens is 3. The molecule has 0 saturated heterocycles. The van der Waals surface area contributed by atoms with Crippen molar-refractivity contribution in [3.8, 4) is 0 Å². The Balaban J connectivity index is 2.38. The van der Waals surface area contributed by atoms with Crippen LogP contribution in [0.2, 0.25) is 0 Å². The van der Waals surface area contributed by atoms with Gasteiger partial charge in [-0.3, -0.25) is 0 Å². The van der Waals surface area contributed by atoms with Crippen LogP contribution in [-0.4, -0.2) is 19.9 Å². The predicted molar refractivity (Wildman–Crippen MR) is 62.1 cm³/mol. The van der Waals surface area contributed by atoms with Crippen LogP contribution in [-0.2, 0) is 13.7 Å². The molecule has 1 N–H and O–H groups in total. The molecule has 0 aliphatic rings. The van der Waals surface area contributed by atoms with Crippen molar-refractivity contribution in [1.29, 1.82) is 0 Å². The molecule has 96 valence electrons. The maximum absolute atomic E-state index is 13.7. The predicted octanol–water partition coefficient (Wildman–Crippen LogP) is 2.05. The Bertz CT molecular complexity index is 563. The van der Waals surface area contributed by atoms with Gasteiger partial charge in [-0.15, -0.1) is 10.2 Å². The van der Waals surface area contributed by atoms with Gasteiger partial charge >= 0.3 is 0 Å². The number of halogens is 2. The van der Waals surface area contributed by atoms with Crippen LogP contribution in [0.15, 0.2) is 22.2 Å². The number of hydrogen-bond acceptors (Lipinski definition) is 4. The van der Waals surface area contributed by atoms with E-state index >= 15 is 0 Å². The van der Waals surface area contributed by atoms with Gasteiger partial charge in [-0.1, -0.05) is 0 Å². The van der Waals surface area contributed by atoms with Crippen LogP contribution in [0.5, 0.6) is 0 Å². The summed E-state index contributed by atoms with van der Waals surface area (Å²) in [5.41, 5.74) is 0.198. The van der Waals surface area contributed by atoms with Crippen molar-refractivity contribution in [1.82, 2.24) is 14.8 Å². The minimum atomic E-state index is -0.718. The van der Waals surface area contributed by atoms with Gasteiger partial charge in [-0.05, 0) is 36.4 Å². The topological polar surface area (TPSA) is 50.9 Å². The molecule has 0 atom stereocenters. The molecule has 0 unspecified atom stereocenters. The Morgan fingerprint density at radius 1 is 1.28 bits per heavy atom. The fourth-order valence-electron chi connectivity index (χ4n) is 1.37. The molecular weight excluding hydrogens is 260 g/mol. The lowest BCUT2D eigenvalue weighted by molar-refractivity contribution is 0.280. The first kappa shape index (κ1) is 13.0. The second-order valence-electron chi connectivity index (χ2n) is 3.74. The molecule has 7 heteroatoms. The van der Waals surface area contributed by atoms with Crippen molar-refractivity contribution in [3.05, 3.63) is 35.2 Å². The minimum Gasteiger partial charge on any atom is -0.392 e. The van der Waals surface area contributed by atoms with E-state index < -0.39 is 18.2 Å². The highest BCUT2D eigenvalue weighted by molar-refractivity contribution is 7.99. The first-order chi connectivity index (χ1) is 8.52. The summed E-state index contributed by atoms with van der Waals surface area (Å²) in [4.78, 5) is -0.150. The highest BCUT2D eigenvalue weighted by atomic mass is 32.2. The van der Waals surface area contributed by atoms with Gasteiger partial charge in [0.2, 0.25) is 0 Å². The van der Waals surface area contributed by atoms with Gasteiger partial charge in [-0.25, -0.2) is 8.78 Å². The van der Waals surface area contributed by atoms with Crippen LogP contribution in [0.25, 0.3) is 0 Å². The fraction of sp³-hybridized carbons (Fsp3) is 0.273. The van der Waals surface area contributed by atoms with E-state index in [2.05, 4.69) is 10.2 Å². The average Bonchev–Trinajstić information content (AvgIpc) is 2.65. The number of nitrogens with zero attached hydrogens (tertiary/aromatic N) is 3. The molecule has 0 saturated carbocycles. The second kappa shape index (κ2) is 5.03. The fourth-order valence-corrected chi connectivity index (χ4v) is 2.22.